The Morgan fingerprint density at radius 2 is 2.06 bits per heavy atom. The lowest BCUT2D eigenvalue weighted by atomic mass is 10.1. The number of nitrogens with zero attached hydrogens (tertiary/aromatic N) is 2. The molecule has 1 aromatic heterocycles. The maximum Gasteiger partial charge on any atom is 0.233 e. The molecular formula is C12H9F2N2O2. The van der Waals surface area contributed by atoms with Gasteiger partial charge in [0.25, 0.3) is 0 Å². The van der Waals surface area contributed by atoms with Crippen molar-refractivity contribution < 1.29 is 18.3 Å². The van der Waals surface area contributed by atoms with Crippen LogP contribution in [0.1, 0.15) is 11.9 Å². The van der Waals surface area contributed by atoms with Crippen molar-refractivity contribution in [2.75, 3.05) is 13.2 Å². The lowest BCUT2D eigenvalue weighted by molar-refractivity contribution is -0.0443. The summed E-state index contributed by atoms with van der Waals surface area (Å²) in [6.45, 7) is 0.885. The molecule has 18 heavy (non-hydrogen) atoms. The molecule has 1 radical (unpaired) electrons. The molecule has 0 spiro atoms. The zero-order chi connectivity index (χ0) is 12.5. The van der Waals surface area contributed by atoms with E-state index in [-0.39, 0.29) is 0 Å². The Kier molecular flexibility index (Phi) is 2.81. The molecule has 0 N–H and O–H groups in total. The fourth-order valence-electron chi connectivity index (χ4n) is 1.84. The molecular weight excluding hydrogens is 242 g/mol. The number of halogens is 2. The van der Waals surface area contributed by atoms with Gasteiger partial charge in [0, 0.05) is 11.6 Å². The largest absolute Gasteiger partial charge is 0.346 e. The summed E-state index contributed by atoms with van der Waals surface area (Å²) in [5.41, 5.74) is 0.944. The van der Waals surface area contributed by atoms with E-state index in [1.165, 1.54) is 22.9 Å². The lowest BCUT2D eigenvalue weighted by Crippen LogP contribution is -2.07. The van der Waals surface area contributed by atoms with Crippen LogP contribution in [0.5, 0.6) is 0 Å². The number of rotatable bonds is 2. The lowest BCUT2D eigenvalue weighted by Gasteiger charge is -2.14. The predicted octanol–water partition coefficient (Wildman–Crippen LogP) is 2.00. The Labute approximate surface area is 102 Å². The van der Waals surface area contributed by atoms with Crippen molar-refractivity contribution in [3.8, 4) is 5.69 Å². The third kappa shape index (κ3) is 2.00. The van der Waals surface area contributed by atoms with Crippen molar-refractivity contribution in [3.05, 3.63) is 47.8 Å². The Morgan fingerprint density at radius 3 is 2.72 bits per heavy atom. The first-order valence-corrected chi connectivity index (χ1v) is 5.40. The van der Waals surface area contributed by atoms with Gasteiger partial charge < -0.3 is 9.47 Å². The minimum Gasteiger partial charge on any atom is -0.346 e. The van der Waals surface area contributed by atoms with Crippen LogP contribution in [0, 0.1) is 18.0 Å². The first-order chi connectivity index (χ1) is 8.74. The molecule has 4 nitrogen and oxygen atoms in total. The van der Waals surface area contributed by atoms with Crippen molar-refractivity contribution >= 4 is 0 Å². The van der Waals surface area contributed by atoms with Crippen LogP contribution in [0.15, 0.2) is 24.3 Å². The van der Waals surface area contributed by atoms with Crippen molar-refractivity contribution in [1.82, 2.24) is 9.78 Å². The fourth-order valence-corrected chi connectivity index (χ4v) is 1.84. The van der Waals surface area contributed by atoms with Gasteiger partial charge in [-0.3, -0.25) is 0 Å². The quantitative estimate of drug-likeness (QED) is 0.819. The summed E-state index contributed by atoms with van der Waals surface area (Å²) in [4.78, 5) is 0. The smallest absolute Gasteiger partial charge is 0.233 e. The number of ether oxygens (including phenoxy) is 2. The normalized spacial score (nSPS) is 16.3. The number of hydrogen-bond acceptors (Lipinski definition) is 3. The maximum absolute atomic E-state index is 13.3. The van der Waals surface area contributed by atoms with E-state index in [4.69, 9.17) is 9.47 Å². The molecule has 1 saturated heterocycles. The highest BCUT2D eigenvalue weighted by Gasteiger charge is 2.23. The molecule has 0 aliphatic carbocycles. The van der Waals surface area contributed by atoms with Gasteiger partial charge in [-0.2, -0.15) is 4.39 Å². The first-order valence-electron chi connectivity index (χ1n) is 5.40. The third-order valence-electron chi connectivity index (χ3n) is 2.59. The van der Waals surface area contributed by atoms with Crippen molar-refractivity contribution in [3.63, 3.8) is 0 Å². The van der Waals surface area contributed by atoms with Crippen LogP contribution in [0.2, 0.25) is 0 Å². The Balaban J connectivity index is 2.07. The van der Waals surface area contributed by atoms with Crippen molar-refractivity contribution in [2.45, 2.75) is 6.29 Å². The maximum atomic E-state index is 13.3. The minimum atomic E-state index is -0.656. The summed E-state index contributed by atoms with van der Waals surface area (Å²) in [6.07, 6.45) is 1.95. The van der Waals surface area contributed by atoms with Gasteiger partial charge in [-0.05, 0) is 18.2 Å². The van der Waals surface area contributed by atoms with Crippen LogP contribution in [-0.2, 0) is 9.47 Å². The fraction of sp³-hybridized carbons (Fsp3) is 0.250. The SMILES string of the molecule is Fc1ccc(-n2[c]cc(F)n2)c(C2OCCO2)c1. The number of hydrogen-bond donors (Lipinski definition) is 0. The third-order valence-corrected chi connectivity index (χ3v) is 2.59. The van der Waals surface area contributed by atoms with E-state index in [2.05, 4.69) is 11.3 Å². The Bertz CT molecular complexity index is 565. The number of benzene rings is 1. The molecule has 0 amide bonds. The van der Waals surface area contributed by atoms with Gasteiger partial charge in [-0.1, -0.05) is 0 Å². The molecule has 1 fully saturated rings. The van der Waals surface area contributed by atoms with Crippen LogP contribution in [0.3, 0.4) is 0 Å². The molecule has 6 heteroatoms. The van der Waals surface area contributed by atoms with Crippen molar-refractivity contribution in [1.29, 1.82) is 0 Å². The Morgan fingerprint density at radius 1 is 1.28 bits per heavy atom. The van der Waals surface area contributed by atoms with Gasteiger partial charge in [-0.25, -0.2) is 9.07 Å². The summed E-state index contributed by atoms with van der Waals surface area (Å²) in [5, 5.41) is 3.60. The molecule has 0 atom stereocenters. The summed E-state index contributed by atoms with van der Waals surface area (Å²) in [6, 6.07) is 5.14. The van der Waals surface area contributed by atoms with Crippen LogP contribution < -0.4 is 0 Å². The molecule has 1 aromatic carbocycles. The van der Waals surface area contributed by atoms with Gasteiger partial charge in [0.15, 0.2) is 6.29 Å². The second kappa shape index (κ2) is 4.47. The Hall–Kier alpha value is -1.79. The molecule has 0 unspecified atom stereocenters. The molecule has 0 bridgehead atoms. The highest BCUT2D eigenvalue weighted by molar-refractivity contribution is 5.41. The predicted molar refractivity (Wildman–Crippen MR) is 57.0 cm³/mol. The van der Waals surface area contributed by atoms with E-state index < -0.39 is 18.1 Å². The van der Waals surface area contributed by atoms with E-state index in [0.717, 1.165) is 6.07 Å². The van der Waals surface area contributed by atoms with Gasteiger partial charge in [0.2, 0.25) is 5.95 Å². The zero-order valence-corrected chi connectivity index (χ0v) is 9.27. The zero-order valence-electron chi connectivity index (χ0n) is 9.27. The molecule has 1 aliphatic rings. The molecule has 93 valence electrons. The van der Waals surface area contributed by atoms with Gasteiger partial charge in [0.05, 0.1) is 25.1 Å². The van der Waals surface area contributed by atoms with Gasteiger partial charge in [-0.15, -0.1) is 5.10 Å². The van der Waals surface area contributed by atoms with Crippen LogP contribution in [0.25, 0.3) is 5.69 Å². The van der Waals surface area contributed by atoms with Crippen LogP contribution >= 0.6 is 0 Å². The average molecular weight is 251 g/mol. The van der Waals surface area contributed by atoms with Gasteiger partial charge in [0.1, 0.15) is 5.82 Å². The molecule has 2 heterocycles. The van der Waals surface area contributed by atoms with E-state index in [1.807, 2.05) is 0 Å². The minimum absolute atomic E-state index is 0.416. The van der Waals surface area contributed by atoms with Crippen LogP contribution in [0.4, 0.5) is 8.78 Å². The van der Waals surface area contributed by atoms with Crippen LogP contribution in [-0.4, -0.2) is 23.0 Å². The first kappa shape index (κ1) is 11.3. The highest BCUT2D eigenvalue weighted by Crippen LogP contribution is 2.29. The summed E-state index contributed by atoms with van der Waals surface area (Å²) >= 11 is 0. The summed E-state index contributed by atoms with van der Waals surface area (Å²) < 4.78 is 38.1. The standard InChI is InChI=1S/C12H9F2N2O2/c13-8-1-2-10(16-4-3-11(14)15-16)9(7-8)12-17-5-6-18-12/h1-3,7,12H,5-6H2. The molecule has 1 aliphatic heterocycles. The molecule has 0 saturated carbocycles. The molecule has 2 aromatic rings. The van der Waals surface area contributed by atoms with E-state index in [0.29, 0.717) is 24.5 Å². The monoisotopic (exact) mass is 251 g/mol. The van der Waals surface area contributed by atoms with E-state index in [1.54, 1.807) is 0 Å². The summed E-state index contributed by atoms with van der Waals surface area (Å²) in [5.74, 6) is -1.07. The average Bonchev–Trinajstić information content (AvgIpc) is 2.99. The van der Waals surface area contributed by atoms with E-state index >= 15 is 0 Å². The second-order valence-electron chi connectivity index (χ2n) is 3.78. The highest BCUT2D eigenvalue weighted by atomic mass is 19.1. The second-order valence-corrected chi connectivity index (χ2v) is 3.78. The van der Waals surface area contributed by atoms with Crippen molar-refractivity contribution in [2.24, 2.45) is 0 Å². The topological polar surface area (TPSA) is 36.3 Å². The van der Waals surface area contributed by atoms with E-state index in [9.17, 15) is 8.78 Å². The van der Waals surface area contributed by atoms with Gasteiger partial charge >= 0.3 is 0 Å². The molecule has 3 rings (SSSR count). The number of aromatic nitrogens is 2. The summed E-state index contributed by atoms with van der Waals surface area (Å²) in [7, 11) is 0.